The number of hydrogen-bond donors (Lipinski definition) is 2. The first-order chi connectivity index (χ1) is 20.5. The van der Waals surface area contributed by atoms with Crippen molar-refractivity contribution in [2.24, 2.45) is 0 Å². The number of ether oxygens (including phenoxy) is 1. The topological polar surface area (TPSA) is 75.6 Å². The number of carbonyl (C=O) groups excluding carboxylic acids is 1. The van der Waals surface area contributed by atoms with Gasteiger partial charge in [-0.2, -0.15) is 13.2 Å². The van der Waals surface area contributed by atoms with Gasteiger partial charge in [0, 0.05) is 23.0 Å². The Kier molecular flexibility index (Phi) is 10.5. The van der Waals surface area contributed by atoms with Crippen LogP contribution in [0.2, 0.25) is 5.02 Å². The Morgan fingerprint density at radius 1 is 0.884 bits per heavy atom. The molecular formula is C34H31ClF3NO4. The number of hydrogen-bond acceptors (Lipinski definition) is 3. The van der Waals surface area contributed by atoms with E-state index in [-0.39, 0.29) is 24.8 Å². The third kappa shape index (κ3) is 8.61. The third-order valence-electron chi connectivity index (χ3n) is 7.03. The molecule has 0 aliphatic carbocycles. The number of carboxylic acids is 1. The molecule has 0 aliphatic heterocycles. The number of aliphatic carboxylic acids is 1. The van der Waals surface area contributed by atoms with Crippen molar-refractivity contribution in [1.29, 1.82) is 0 Å². The van der Waals surface area contributed by atoms with Crippen molar-refractivity contribution in [3.8, 4) is 16.9 Å². The van der Waals surface area contributed by atoms with Crippen LogP contribution in [0, 0.1) is 0 Å². The lowest BCUT2D eigenvalue weighted by Crippen LogP contribution is -2.26. The van der Waals surface area contributed by atoms with Crippen LogP contribution in [-0.2, 0) is 11.0 Å². The highest BCUT2D eigenvalue weighted by atomic mass is 35.5. The van der Waals surface area contributed by atoms with Crippen molar-refractivity contribution in [2.75, 3.05) is 6.54 Å². The van der Waals surface area contributed by atoms with Gasteiger partial charge in [-0.3, -0.25) is 9.59 Å². The molecule has 0 fully saturated rings. The van der Waals surface area contributed by atoms with E-state index in [9.17, 15) is 22.8 Å². The van der Waals surface area contributed by atoms with E-state index in [1.165, 1.54) is 12.1 Å². The zero-order valence-electron chi connectivity index (χ0n) is 23.4. The van der Waals surface area contributed by atoms with E-state index >= 15 is 0 Å². The Labute approximate surface area is 253 Å². The van der Waals surface area contributed by atoms with Crippen LogP contribution in [0.5, 0.6) is 5.75 Å². The Morgan fingerprint density at radius 2 is 1.53 bits per heavy atom. The molecule has 0 radical (unpaired) electrons. The standard InChI is InChI=1S/C34H31ClF3NO4/c1-2-4-30(23-7-9-25(10-8-23)33(42)39-20-19-31(40)41)32(24-13-17-28(35)18-14-24)43-29-6-3-5-26(21-29)22-11-15-27(16-12-22)34(36,37)38/h3,5-18,21,30,32H,2,4,19-20H2,1H3,(H,39,42)(H,40,41)/t30-,32+/m1/s1. The van der Waals surface area contributed by atoms with Crippen LogP contribution in [0.1, 0.15) is 65.3 Å². The molecule has 2 atom stereocenters. The van der Waals surface area contributed by atoms with Crippen LogP contribution < -0.4 is 10.1 Å². The minimum Gasteiger partial charge on any atom is -0.485 e. The Bertz CT molecular complexity index is 1520. The van der Waals surface area contributed by atoms with Gasteiger partial charge in [-0.25, -0.2) is 0 Å². The monoisotopic (exact) mass is 609 g/mol. The van der Waals surface area contributed by atoms with E-state index in [1.54, 1.807) is 36.4 Å². The maximum atomic E-state index is 13.1. The van der Waals surface area contributed by atoms with Crippen molar-refractivity contribution in [3.63, 3.8) is 0 Å². The zero-order chi connectivity index (χ0) is 31.0. The summed E-state index contributed by atoms with van der Waals surface area (Å²) in [6.45, 7) is 2.10. The van der Waals surface area contributed by atoms with Crippen LogP contribution in [-0.4, -0.2) is 23.5 Å². The molecule has 9 heteroatoms. The lowest BCUT2D eigenvalue weighted by Gasteiger charge is -2.29. The fraction of sp³-hybridized carbons (Fsp3) is 0.235. The average Bonchev–Trinajstić information content (AvgIpc) is 2.99. The molecule has 0 spiro atoms. The van der Waals surface area contributed by atoms with Gasteiger partial charge in [0.2, 0.25) is 0 Å². The van der Waals surface area contributed by atoms with Gasteiger partial charge in [-0.1, -0.05) is 73.5 Å². The van der Waals surface area contributed by atoms with E-state index in [0.29, 0.717) is 27.5 Å². The molecule has 0 saturated heterocycles. The first kappa shape index (κ1) is 31.6. The summed E-state index contributed by atoms with van der Waals surface area (Å²) in [5.74, 6) is -0.917. The first-order valence-electron chi connectivity index (χ1n) is 13.8. The smallest absolute Gasteiger partial charge is 0.416 e. The third-order valence-corrected chi connectivity index (χ3v) is 7.28. The van der Waals surface area contributed by atoms with Crippen molar-refractivity contribution in [3.05, 3.63) is 124 Å². The summed E-state index contributed by atoms with van der Waals surface area (Å²) in [7, 11) is 0. The fourth-order valence-electron chi connectivity index (χ4n) is 4.85. The minimum atomic E-state index is -4.41. The molecule has 2 N–H and O–H groups in total. The lowest BCUT2D eigenvalue weighted by molar-refractivity contribution is -0.138. The molecule has 4 aromatic carbocycles. The number of rotatable bonds is 12. The molecule has 0 unspecified atom stereocenters. The SMILES string of the molecule is CCC[C@H](c1ccc(C(=O)NCCC(=O)O)cc1)[C@@H](Oc1cccc(-c2ccc(C(F)(F)F)cc2)c1)c1ccc(Cl)cc1. The summed E-state index contributed by atoms with van der Waals surface area (Å²) < 4.78 is 45.8. The predicted molar refractivity (Wildman–Crippen MR) is 160 cm³/mol. The highest BCUT2D eigenvalue weighted by Gasteiger charge is 2.30. The predicted octanol–water partition coefficient (Wildman–Crippen LogP) is 8.93. The maximum Gasteiger partial charge on any atom is 0.416 e. The Morgan fingerprint density at radius 3 is 2.14 bits per heavy atom. The number of carboxylic acid groups (broad SMARTS) is 1. The molecule has 0 saturated carbocycles. The van der Waals surface area contributed by atoms with E-state index in [0.717, 1.165) is 36.1 Å². The number of carbonyl (C=O) groups is 2. The van der Waals surface area contributed by atoms with Gasteiger partial charge >= 0.3 is 12.1 Å². The molecule has 4 rings (SSSR count). The second-order valence-corrected chi connectivity index (χ2v) is 10.5. The summed E-state index contributed by atoms with van der Waals surface area (Å²) >= 11 is 6.18. The van der Waals surface area contributed by atoms with Gasteiger partial charge in [-0.05, 0) is 77.2 Å². The molecule has 0 aromatic heterocycles. The summed E-state index contributed by atoms with van der Waals surface area (Å²) in [5, 5.41) is 12.0. The van der Waals surface area contributed by atoms with E-state index < -0.39 is 23.8 Å². The highest BCUT2D eigenvalue weighted by Crippen LogP contribution is 2.40. The quantitative estimate of drug-likeness (QED) is 0.168. The van der Waals surface area contributed by atoms with Gasteiger partial charge in [0.1, 0.15) is 11.9 Å². The Balaban J connectivity index is 1.63. The normalized spacial score (nSPS) is 12.8. The molecule has 4 aromatic rings. The van der Waals surface area contributed by atoms with Gasteiger partial charge in [-0.15, -0.1) is 0 Å². The van der Waals surface area contributed by atoms with Crippen molar-refractivity contribution < 1.29 is 32.6 Å². The zero-order valence-corrected chi connectivity index (χ0v) is 24.2. The van der Waals surface area contributed by atoms with Crippen LogP contribution in [0.3, 0.4) is 0 Å². The van der Waals surface area contributed by atoms with Crippen molar-refractivity contribution in [1.82, 2.24) is 5.32 Å². The van der Waals surface area contributed by atoms with Gasteiger partial charge in [0.15, 0.2) is 0 Å². The highest BCUT2D eigenvalue weighted by molar-refractivity contribution is 6.30. The van der Waals surface area contributed by atoms with Crippen LogP contribution >= 0.6 is 11.6 Å². The summed E-state index contributed by atoms with van der Waals surface area (Å²) in [5.41, 5.74) is 2.88. The molecule has 0 aliphatic rings. The van der Waals surface area contributed by atoms with E-state index in [2.05, 4.69) is 12.2 Å². The van der Waals surface area contributed by atoms with Gasteiger partial charge in [0.05, 0.1) is 12.0 Å². The number of benzene rings is 4. The van der Waals surface area contributed by atoms with Crippen LogP contribution in [0.25, 0.3) is 11.1 Å². The summed E-state index contributed by atoms with van der Waals surface area (Å²) in [6, 6.07) is 26.8. The number of halogens is 4. The first-order valence-corrected chi connectivity index (χ1v) is 14.2. The number of alkyl halides is 3. The molecule has 43 heavy (non-hydrogen) atoms. The maximum absolute atomic E-state index is 13.1. The van der Waals surface area contributed by atoms with E-state index in [1.807, 2.05) is 36.4 Å². The second kappa shape index (κ2) is 14.2. The molecule has 1 amide bonds. The van der Waals surface area contributed by atoms with E-state index in [4.69, 9.17) is 21.4 Å². The Hall–Kier alpha value is -4.30. The van der Waals surface area contributed by atoms with Crippen LogP contribution in [0.15, 0.2) is 97.1 Å². The number of amides is 1. The molecule has 224 valence electrons. The van der Waals surface area contributed by atoms with Gasteiger partial charge in [0.25, 0.3) is 5.91 Å². The molecule has 0 bridgehead atoms. The number of nitrogens with one attached hydrogen (secondary N) is 1. The average molecular weight is 610 g/mol. The molecule has 0 heterocycles. The fourth-order valence-corrected chi connectivity index (χ4v) is 4.98. The summed E-state index contributed by atoms with van der Waals surface area (Å²) in [6.07, 6.45) is -3.42. The largest absolute Gasteiger partial charge is 0.485 e. The minimum absolute atomic E-state index is 0.0341. The summed E-state index contributed by atoms with van der Waals surface area (Å²) in [4.78, 5) is 23.2. The van der Waals surface area contributed by atoms with Crippen molar-refractivity contribution in [2.45, 2.75) is 44.4 Å². The van der Waals surface area contributed by atoms with Gasteiger partial charge < -0.3 is 15.2 Å². The molecular weight excluding hydrogens is 579 g/mol. The van der Waals surface area contributed by atoms with Crippen molar-refractivity contribution >= 4 is 23.5 Å². The lowest BCUT2D eigenvalue weighted by atomic mass is 9.85. The van der Waals surface area contributed by atoms with Crippen LogP contribution in [0.4, 0.5) is 13.2 Å². The second-order valence-electron chi connectivity index (χ2n) is 10.1. The molecule has 5 nitrogen and oxygen atoms in total.